The van der Waals surface area contributed by atoms with E-state index in [4.69, 9.17) is 4.74 Å². The molecule has 0 spiro atoms. The molecule has 6 nitrogen and oxygen atoms in total. The summed E-state index contributed by atoms with van der Waals surface area (Å²) in [6.45, 7) is 1.78. The Hall–Kier alpha value is -2.84. The van der Waals surface area contributed by atoms with Gasteiger partial charge in [-0.3, -0.25) is 4.79 Å². The highest BCUT2D eigenvalue weighted by molar-refractivity contribution is 7.17. The number of esters is 1. The zero-order valence-electron chi connectivity index (χ0n) is 15.0. The second-order valence-corrected chi connectivity index (χ2v) is 8.72. The number of nitrogens with zero attached hydrogens (tertiary/aromatic N) is 3. The Kier molecular flexibility index (Phi) is 4.10. The summed E-state index contributed by atoms with van der Waals surface area (Å²) in [7, 11) is 0. The number of aryl methyl sites for hydroxylation is 3. The summed E-state index contributed by atoms with van der Waals surface area (Å²) in [5.74, 6) is -0.368. The zero-order valence-corrected chi connectivity index (χ0v) is 16.6. The van der Waals surface area contributed by atoms with Crippen molar-refractivity contribution >= 4 is 33.6 Å². The number of fused-ring (bicyclic) bond motifs is 4. The Labute approximate surface area is 168 Å². The van der Waals surface area contributed by atoms with Crippen molar-refractivity contribution < 1.29 is 9.53 Å². The minimum Gasteiger partial charge on any atom is -0.454 e. The summed E-state index contributed by atoms with van der Waals surface area (Å²) >= 11 is 2.72. The van der Waals surface area contributed by atoms with E-state index >= 15 is 0 Å². The van der Waals surface area contributed by atoms with Gasteiger partial charge in [0, 0.05) is 16.6 Å². The topological polar surface area (TPSA) is 73.6 Å². The largest absolute Gasteiger partial charge is 0.454 e. The fourth-order valence-electron chi connectivity index (χ4n) is 3.39. The van der Waals surface area contributed by atoms with Gasteiger partial charge in [-0.2, -0.15) is 9.61 Å². The van der Waals surface area contributed by atoms with Crippen molar-refractivity contribution in [3.63, 3.8) is 0 Å². The lowest BCUT2D eigenvalue weighted by Gasteiger charge is -2.15. The van der Waals surface area contributed by atoms with E-state index in [2.05, 4.69) is 22.2 Å². The highest BCUT2D eigenvalue weighted by Gasteiger charge is 2.22. The number of rotatable bonds is 3. The molecule has 28 heavy (non-hydrogen) atoms. The molecule has 0 radical (unpaired) electrons. The average Bonchev–Trinajstić information content (AvgIpc) is 3.30. The Morgan fingerprint density at radius 1 is 1.18 bits per heavy atom. The molecule has 8 heteroatoms. The van der Waals surface area contributed by atoms with E-state index in [1.54, 1.807) is 6.92 Å². The second-order valence-electron chi connectivity index (χ2n) is 6.62. The Balaban J connectivity index is 1.37. The van der Waals surface area contributed by atoms with Gasteiger partial charge in [0.2, 0.25) is 4.96 Å². The standard InChI is InChI=1S/C20H15N3O3S2/c1-11-8-17(24)23-20(21-11)28-16(22-23)10-26-19(25)15-9-13-7-6-12-4-2-3-5-14(12)18(13)27-15/h2-5,8-9H,6-7,10H2,1H3. The normalized spacial score (nSPS) is 12.6. The fraction of sp³-hybridized carbons (Fsp3) is 0.200. The van der Waals surface area contributed by atoms with E-state index in [0.717, 1.165) is 17.7 Å². The van der Waals surface area contributed by atoms with Crippen molar-refractivity contribution in [2.45, 2.75) is 26.4 Å². The van der Waals surface area contributed by atoms with Crippen LogP contribution >= 0.6 is 22.7 Å². The molecule has 5 rings (SSSR count). The molecule has 0 bridgehead atoms. The van der Waals surface area contributed by atoms with Crippen molar-refractivity contribution in [2.24, 2.45) is 0 Å². The van der Waals surface area contributed by atoms with Gasteiger partial charge in [0.15, 0.2) is 5.01 Å². The van der Waals surface area contributed by atoms with E-state index in [1.165, 1.54) is 49.9 Å². The van der Waals surface area contributed by atoms with Crippen LogP contribution in [0.2, 0.25) is 0 Å². The first-order valence-corrected chi connectivity index (χ1v) is 10.5. The summed E-state index contributed by atoms with van der Waals surface area (Å²) in [6.07, 6.45) is 1.92. The molecule has 1 aliphatic carbocycles. The average molecular weight is 409 g/mol. The quantitative estimate of drug-likeness (QED) is 0.483. The third-order valence-corrected chi connectivity index (χ3v) is 6.75. The molecule has 1 aliphatic rings. The maximum absolute atomic E-state index is 12.6. The molecule has 3 heterocycles. The maximum atomic E-state index is 12.6. The molecule has 3 aromatic heterocycles. The van der Waals surface area contributed by atoms with E-state index in [9.17, 15) is 9.59 Å². The van der Waals surface area contributed by atoms with E-state index in [-0.39, 0.29) is 18.1 Å². The number of carbonyl (C=O) groups is 1. The first kappa shape index (κ1) is 17.3. The predicted octanol–water partition coefficient (Wildman–Crippen LogP) is 3.64. The molecule has 1 aromatic carbocycles. The van der Waals surface area contributed by atoms with Crippen molar-refractivity contribution in [1.29, 1.82) is 0 Å². The van der Waals surface area contributed by atoms with Gasteiger partial charge in [0.1, 0.15) is 11.5 Å². The molecule has 0 saturated heterocycles. The highest BCUT2D eigenvalue weighted by Crippen LogP contribution is 2.39. The second kappa shape index (κ2) is 6.65. The summed E-state index contributed by atoms with van der Waals surface area (Å²) in [5, 5.41) is 4.74. The van der Waals surface area contributed by atoms with Gasteiger partial charge < -0.3 is 4.74 Å². The number of aromatic nitrogens is 3. The summed E-state index contributed by atoms with van der Waals surface area (Å²) in [4.78, 5) is 31.0. The first-order valence-electron chi connectivity index (χ1n) is 8.83. The van der Waals surface area contributed by atoms with Crippen LogP contribution in [0, 0.1) is 6.92 Å². The van der Waals surface area contributed by atoms with Crippen LogP contribution < -0.4 is 5.56 Å². The number of hydrogen-bond acceptors (Lipinski definition) is 7. The van der Waals surface area contributed by atoms with Crippen molar-refractivity contribution in [2.75, 3.05) is 0 Å². The summed E-state index contributed by atoms with van der Waals surface area (Å²) < 4.78 is 6.69. The molecule has 4 aromatic rings. The molecule has 0 saturated carbocycles. The van der Waals surface area contributed by atoms with Crippen molar-refractivity contribution in [3.8, 4) is 10.4 Å². The predicted molar refractivity (Wildman–Crippen MR) is 108 cm³/mol. The molecule has 0 amide bonds. The van der Waals surface area contributed by atoms with Crippen LogP contribution in [-0.4, -0.2) is 20.6 Å². The van der Waals surface area contributed by atoms with Gasteiger partial charge >= 0.3 is 5.97 Å². The van der Waals surface area contributed by atoms with E-state index in [0.29, 0.717) is 20.5 Å². The van der Waals surface area contributed by atoms with Gasteiger partial charge in [0.05, 0.1) is 0 Å². The lowest BCUT2D eigenvalue weighted by atomic mass is 9.91. The fourth-order valence-corrected chi connectivity index (χ4v) is 5.41. The smallest absolute Gasteiger partial charge is 0.348 e. The number of hydrogen-bond donors (Lipinski definition) is 0. The van der Waals surface area contributed by atoms with Gasteiger partial charge in [-0.15, -0.1) is 11.3 Å². The Morgan fingerprint density at radius 3 is 2.89 bits per heavy atom. The van der Waals surface area contributed by atoms with Gasteiger partial charge in [-0.1, -0.05) is 35.6 Å². The van der Waals surface area contributed by atoms with Crippen LogP contribution in [0.3, 0.4) is 0 Å². The SMILES string of the molecule is Cc1cc(=O)n2nc(COC(=O)c3cc4c(s3)-c3ccccc3CC4)sc2n1. The number of carbonyl (C=O) groups excluding carboxylic acids is 1. The first-order chi connectivity index (χ1) is 13.6. The number of ether oxygens (including phenoxy) is 1. The van der Waals surface area contributed by atoms with Crippen molar-refractivity contribution in [1.82, 2.24) is 14.6 Å². The molecule has 0 aliphatic heterocycles. The highest BCUT2D eigenvalue weighted by atomic mass is 32.1. The van der Waals surface area contributed by atoms with E-state index < -0.39 is 0 Å². The van der Waals surface area contributed by atoms with Crippen molar-refractivity contribution in [3.05, 3.63) is 73.5 Å². The van der Waals surface area contributed by atoms with Crippen LogP contribution in [0.1, 0.15) is 31.5 Å². The van der Waals surface area contributed by atoms with Crippen LogP contribution in [0.5, 0.6) is 0 Å². The molecule has 0 fully saturated rings. The minimum absolute atomic E-state index is 0.0184. The van der Waals surface area contributed by atoms with E-state index in [1.807, 2.05) is 18.2 Å². The summed E-state index contributed by atoms with van der Waals surface area (Å²) in [6, 6.07) is 11.7. The summed E-state index contributed by atoms with van der Waals surface area (Å²) in [5.41, 5.74) is 4.13. The van der Waals surface area contributed by atoms with Gasteiger partial charge in [0.25, 0.3) is 5.56 Å². The lowest BCUT2D eigenvalue weighted by Crippen LogP contribution is -2.14. The Morgan fingerprint density at radius 2 is 2.00 bits per heavy atom. The van der Waals surface area contributed by atoms with Crippen LogP contribution in [0.15, 0.2) is 41.2 Å². The molecular weight excluding hydrogens is 394 g/mol. The van der Waals surface area contributed by atoms with Crippen LogP contribution in [0.4, 0.5) is 0 Å². The lowest BCUT2D eigenvalue weighted by molar-refractivity contribution is 0.0477. The zero-order chi connectivity index (χ0) is 19.3. The molecule has 140 valence electrons. The maximum Gasteiger partial charge on any atom is 0.348 e. The van der Waals surface area contributed by atoms with Gasteiger partial charge in [-0.25, -0.2) is 9.78 Å². The monoisotopic (exact) mass is 409 g/mol. The number of benzene rings is 1. The Bertz CT molecular complexity index is 1290. The third-order valence-electron chi connectivity index (χ3n) is 4.68. The molecule has 0 N–H and O–H groups in total. The molecule has 0 unspecified atom stereocenters. The third kappa shape index (κ3) is 2.94. The van der Waals surface area contributed by atoms with Crippen LogP contribution in [-0.2, 0) is 24.2 Å². The molecular formula is C20H15N3O3S2. The van der Waals surface area contributed by atoms with Crippen LogP contribution in [0.25, 0.3) is 15.4 Å². The molecule has 0 atom stereocenters. The van der Waals surface area contributed by atoms with Gasteiger partial charge in [-0.05, 0) is 42.5 Å². The number of thiophene rings is 1. The minimum atomic E-state index is -0.368.